The molecule has 2 heterocycles. The average molecular weight is 677 g/mol. The molecule has 1 aliphatic carbocycles. The first-order chi connectivity index (χ1) is 22.6. The van der Waals surface area contributed by atoms with Crippen LogP contribution in [0.4, 0.5) is 19.3 Å². The summed E-state index contributed by atoms with van der Waals surface area (Å²) in [5, 5.41) is 9.02. The number of rotatable bonds is 11. The second-order valence-corrected chi connectivity index (χ2v) is 14.8. The highest BCUT2D eigenvalue weighted by Crippen LogP contribution is 2.40. The lowest BCUT2D eigenvalue weighted by atomic mass is 9.72. The number of amides is 2. The number of ether oxygens (including phenoxy) is 2. The van der Waals surface area contributed by atoms with Crippen LogP contribution in [0.3, 0.4) is 0 Å². The lowest BCUT2D eigenvalue weighted by molar-refractivity contribution is -0.119. The Morgan fingerprint density at radius 1 is 1.06 bits per heavy atom. The van der Waals surface area contributed by atoms with Gasteiger partial charge in [0.05, 0.1) is 19.0 Å². The van der Waals surface area contributed by atoms with Crippen LogP contribution < -0.4 is 16.0 Å². The van der Waals surface area contributed by atoms with Gasteiger partial charge in [0.1, 0.15) is 17.7 Å². The van der Waals surface area contributed by atoms with E-state index in [1.165, 1.54) is 31.4 Å². The van der Waals surface area contributed by atoms with Crippen molar-refractivity contribution in [1.82, 2.24) is 14.9 Å². The van der Waals surface area contributed by atoms with E-state index in [4.69, 9.17) is 9.47 Å². The predicted molar refractivity (Wildman–Crippen MR) is 174 cm³/mol. The smallest absolute Gasteiger partial charge is 0.407 e. The zero-order chi connectivity index (χ0) is 33.6. The van der Waals surface area contributed by atoms with E-state index in [0.29, 0.717) is 38.1 Å². The van der Waals surface area contributed by atoms with Crippen LogP contribution in [0.1, 0.15) is 68.9 Å². The number of carbonyl (C=O) groups excluding carboxylic acids is 2. The third kappa shape index (κ3) is 8.67. The van der Waals surface area contributed by atoms with E-state index >= 15 is 4.39 Å². The number of nitrogens with zero attached hydrogens (tertiary/aromatic N) is 1. The molecule has 3 N–H and O–H groups in total. The largest absolute Gasteiger partial charge is 0.453 e. The van der Waals surface area contributed by atoms with E-state index in [9.17, 15) is 22.4 Å². The normalized spacial score (nSPS) is 26.8. The van der Waals surface area contributed by atoms with Crippen molar-refractivity contribution in [3.63, 3.8) is 0 Å². The Hall–Kier alpha value is -3.13. The molecule has 2 aromatic rings. The van der Waals surface area contributed by atoms with Crippen molar-refractivity contribution in [2.45, 2.75) is 88.4 Å². The molecule has 1 unspecified atom stereocenters. The third-order valence-corrected chi connectivity index (χ3v) is 11.8. The lowest BCUT2D eigenvalue weighted by Crippen LogP contribution is -2.57. The minimum atomic E-state index is -3.42. The first-order valence-corrected chi connectivity index (χ1v) is 18.2. The third-order valence-electron chi connectivity index (χ3n) is 9.85. The van der Waals surface area contributed by atoms with Gasteiger partial charge in [-0.2, -0.15) is 4.31 Å². The van der Waals surface area contributed by atoms with E-state index in [0.717, 1.165) is 32.1 Å². The fraction of sp³-hybridized carbons (Fsp3) is 0.588. The van der Waals surface area contributed by atoms with Gasteiger partial charge in [0.25, 0.3) is 0 Å². The maximum absolute atomic E-state index is 15.4. The number of anilines is 1. The standard InChI is InChI=1S/C34H46F2N4O6S/c1-3-46-27-16-11-23(12-17-27)31(22-9-13-24(35)14-10-22)32(39-34(42)45-2)33(41)38-30-8-4-7-29(36)28(30)18-15-26-20-37-25-6-5-19-47(43,44)40(26)21-25/h4,7-10,13-14,23,25-27,31-32,37H,3,5-6,11-12,15-21H2,1-2H3,(H,38,41)(H,39,42)/t23?,25-,26+,27?,31+,32+/m1/s1. The molecule has 3 fully saturated rings. The second-order valence-electron chi connectivity index (χ2n) is 12.8. The van der Waals surface area contributed by atoms with Gasteiger partial charge in [-0.1, -0.05) is 18.2 Å². The predicted octanol–water partition coefficient (Wildman–Crippen LogP) is 4.71. The molecular formula is C34H46F2N4O6S. The minimum absolute atomic E-state index is 0.0461. The average Bonchev–Trinajstić information content (AvgIpc) is 3.17. The molecule has 2 bridgehead atoms. The lowest BCUT2D eigenvalue weighted by Gasteiger charge is -2.38. The molecule has 10 nitrogen and oxygen atoms in total. The van der Waals surface area contributed by atoms with Crippen LogP contribution in [0.25, 0.3) is 0 Å². The van der Waals surface area contributed by atoms with Gasteiger partial charge in [0.15, 0.2) is 0 Å². The van der Waals surface area contributed by atoms with Crippen molar-refractivity contribution >= 4 is 27.7 Å². The topological polar surface area (TPSA) is 126 Å². The molecule has 5 atom stereocenters. The van der Waals surface area contributed by atoms with E-state index in [1.807, 2.05) is 6.92 Å². The minimum Gasteiger partial charge on any atom is -0.453 e. The number of piperazine rings is 1. The number of hydrogen-bond acceptors (Lipinski definition) is 7. The zero-order valence-corrected chi connectivity index (χ0v) is 27.9. The molecule has 2 aliphatic heterocycles. The fourth-order valence-corrected chi connectivity index (χ4v) is 9.28. The highest BCUT2D eigenvalue weighted by Gasteiger charge is 2.40. The molecule has 1 saturated carbocycles. The summed E-state index contributed by atoms with van der Waals surface area (Å²) in [4.78, 5) is 26.8. The molecule has 2 aromatic carbocycles. The van der Waals surface area contributed by atoms with Gasteiger partial charge < -0.3 is 25.4 Å². The Balaban J connectivity index is 1.40. The summed E-state index contributed by atoms with van der Waals surface area (Å²) >= 11 is 0. The highest BCUT2D eigenvalue weighted by molar-refractivity contribution is 7.89. The molecule has 0 radical (unpaired) electrons. The Kier molecular flexibility index (Phi) is 11.9. The summed E-state index contributed by atoms with van der Waals surface area (Å²) in [6, 6.07) is 8.96. The quantitative estimate of drug-likeness (QED) is 0.315. The highest BCUT2D eigenvalue weighted by atomic mass is 32.2. The summed E-state index contributed by atoms with van der Waals surface area (Å²) in [7, 11) is -2.21. The van der Waals surface area contributed by atoms with E-state index < -0.39 is 45.6 Å². The number of carbonyl (C=O) groups is 2. The number of fused-ring (bicyclic) bond motifs is 2. The molecule has 2 saturated heterocycles. The second kappa shape index (κ2) is 15.8. The van der Waals surface area contributed by atoms with Gasteiger partial charge in [0.2, 0.25) is 15.9 Å². The molecule has 258 valence electrons. The SMILES string of the molecule is CCOC1CCC([C@H](c2ccc(F)cc2)[C@H](NC(=O)OC)C(=O)Nc2cccc(F)c2CC[C@H]2CN[C@@H]3CCCS(=O)(=O)N2C3)CC1. The number of methoxy groups -OCH3 is 1. The Labute approximate surface area is 276 Å². The van der Waals surface area contributed by atoms with Crippen molar-refractivity contribution in [3.05, 3.63) is 65.2 Å². The number of halogens is 2. The number of alkyl carbamates (subject to hydrolysis) is 1. The van der Waals surface area contributed by atoms with Crippen molar-refractivity contribution in [2.24, 2.45) is 5.92 Å². The van der Waals surface area contributed by atoms with E-state index in [2.05, 4.69) is 16.0 Å². The summed E-state index contributed by atoms with van der Waals surface area (Å²) in [5.41, 5.74) is 1.18. The first-order valence-electron chi connectivity index (χ1n) is 16.6. The molecule has 47 heavy (non-hydrogen) atoms. The Bertz CT molecular complexity index is 1490. The fourth-order valence-electron chi connectivity index (χ4n) is 7.47. The zero-order valence-electron chi connectivity index (χ0n) is 27.1. The number of nitrogens with one attached hydrogen (secondary N) is 3. The molecule has 3 aliphatic rings. The number of hydrogen-bond donors (Lipinski definition) is 3. The molecule has 0 aromatic heterocycles. The molecular weight excluding hydrogens is 630 g/mol. The van der Waals surface area contributed by atoms with Crippen LogP contribution in [0, 0.1) is 17.6 Å². The van der Waals surface area contributed by atoms with Gasteiger partial charge >= 0.3 is 6.09 Å². The van der Waals surface area contributed by atoms with Crippen molar-refractivity contribution in [3.8, 4) is 0 Å². The Morgan fingerprint density at radius 3 is 2.51 bits per heavy atom. The maximum atomic E-state index is 15.4. The summed E-state index contributed by atoms with van der Waals surface area (Å²) in [6.07, 6.45) is 4.23. The number of sulfonamides is 1. The maximum Gasteiger partial charge on any atom is 0.407 e. The van der Waals surface area contributed by atoms with Gasteiger partial charge in [-0.25, -0.2) is 22.0 Å². The van der Waals surface area contributed by atoms with Crippen LogP contribution in [-0.4, -0.2) is 81.5 Å². The van der Waals surface area contributed by atoms with Crippen LogP contribution >= 0.6 is 0 Å². The molecule has 13 heteroatoms. The first kappa shape index (κ1) is 35.2. The van der Waals surface area contributed by atoms with Crippen molar-refractivity contribution in [1.29, 1.82) is 0 Å². The summed E-state index contributed by atoms with van der Waals surface area (Å²) < 4.78 is 67.7. The van der Waals surface area contributed by atoms with Crippen LogP contribution in [0.2, 0.25) is 0 Å². The summed E-state index contributed by atoms with van der Waals surface area (Å²) in [6.45, 7) is 3.42. The van der Waals surface area contributed by atoms with E-state index in [1.54, 1.807) is 22.5 Å². The Morgan fingerprint density at radius 2 is 1.81 bits per heavy atom. The van der Waals surface area contributed by atoms with E-state index in [-0.39, 0.29) is 47.5 Å². The van der Waals surface area contributed by atoms with Gasteiger partial charge in [0, 0.05) is 48.9 Å². The number of benzene rings is 2. The van der Waals surface area contributed by atoms with Crippen LogP contribution in [0.15, 0.2) is 42.5 Å². The van der Waals surface area contributed by atoms with Crippen molar-refractivity contribution in [2.75, 3.05) is 37.9 Å². The molecule has 2 amide bonds. The van der Waals surface area contributed by atoms with Crippen LogP contribution in [-0.2, 0) is 30.7 Å². The molecule has 0 spiro atoms. The monoisotopic (exact) mass is 676 g/mol. The van der Waals surface area contributed by atoms with Gasteiger partial charge in [-0.15, -0.1) is 0 Å². The van der Waals surface area contributed by atoms with Gasteiger partial charge in [-0.3, -0.25) is 4.79 Å². The van der Waals surface area contributed by atoms with Crippen molar-refractivity contribution < 1.29 is 36.3 Å². The summed E-state index contributed by atoms with van der Waals surface area (Å²) in [5.74, 6) is -2.00. The van der Waals surface area contributed by atoms with Gasteiger partial charge in [-0.05, 0) is 94.0 Å². The molecule has 5 rings (SSSR count). The van der Waals surface area contributed by atoms with Crippen LogP contribution in [0.5, 0.6) is 0 Å².